The monoisotopic (exact) mass is 290 g/mol. The molecule has 1 nitrogen and oxygen atoms in total. The Morgan fingerprint density at radius 3 is 2.53 bits per heavy atom. The molecule has 4 heteroatoms. The second kappa shape index (κ2) is 4.83. The van der Waals surface area contributed by atoms with Crippen LogP contribution in [0.2, 0.25) is 5.02 Å². The van der Waals surface area contributed by atoms with E-state index in [1.54, 1.807) is 30.3 Å². The molecule has 0 aromatic heterocycles. The Hall–Kier alpha value is -1.58. The van der Waals surface area contributed by atoms with Gasteiger partial charge in [-0.3, -0.25) is 4.79 Å². The minimum absolute atomic E-state index is 0.130. The zero-order chi connectivity index (χ0) is 13.4. The van der Waals surface area contributed by atoms with Crippen molar-refractivity contribution in [1.82, 2.24) is 0 Å². The summed E-state index contributed by atoms with van der Waals surface area (Å²) in [4.78, 5) is 13.1. The van der Waals surface area contributed by atoms with Crippen LogP contribution in [0.1, 0.15) is 15.9 Å². The number of Topliss-reactive ketones (excluding diaryl/α,β-unsaturated/α-hetero) is 1. The molecule has 0 saturated heterocycles. The van der Waals surface area contributed by atoms with Crippen molar-refractivity contribution >= 4 is 35.2 Å². The van der Waals surface area contributed by atoms with Gasteiger partial charge in [-0.15, -0.1) is 0 Å². The topological polar surface area (TPSA) is 17.1 Å². The van der Waals surface area contributed by atoms with Crippen LogP contribution in [0.25, 0.3) is 6.08 Å². The molecular formula is C15H8ClFOS. The number of carbonyl (C=O) groups excluding carboxylic acids is 1. The molecule has 1 aliphatic heterocycles. The molecule has 0 aliphatic carbocycles. The lowest BCUT2D eigenvalue weighted by molar-refractivity contribution is 0.104. The molecule has 0 unspecified atom stereocenters. The third-order valence-corrected chi connectivity index (χ3v) is 4.21. The summed E-state index contributed by atoms with van der Waals surface area (Å²) in [5.41, 5.74) is 1.30. The van der Waals surface area contributed by atoms with Crippen molar-refractivity contribution < 1.29 is 9.18 Å². The van der Waals surface area contributed by atoms with Crippen LogP contribution in [0.5, 0.6) is 0 Å². The Balaban J connectivity index is 2.00. The predicted octanol–water partition coefficient (Wildman–Crippen LogP) is 4.81. The van der Waals surface area contributed by atoms with Crippen LogP contribution in [0, 0.1) is 5.82 Å². The average molecular weight is 291 g/mol. The Bertz CT molecular complexity index is 692. The van der Waals surface area contributed by atoms with Gasteiger partial charge in [-0.25, -0.2) is 4.39 Å². The highest BCUT2D eigenvalue weighted by molar-refractivity contribution is 8.04. The van der Waals surface area contributed by atoms with Crippen molar-refractivity contribution in [2.24, 2.45) is 0 Å². The lowest BCUT2D eigenvalue weighted by Crippen LogP contribution is -1.94. The lowest BCUT2D eigenvalue weighted by Gasteiger charge is -1.96. The molecular weight excluding hydrogens is 283 g/mol. The summed E-state index contributed by atoms with van der Waals surface area (Å²) >= 11 is 6.98. The maximum Gasteiger partial charge on any atom is 0.200 e. The maximum absolute atomic E-state index is 13.6. The van der Waals surface area contributed by atoms with E-state index in [0.29, 0.717) is 20.4 Å². The quantitative estimate of drug-likeness (QED) is 0.701. The van der Waals surface area contributed by atoms with Gasteiger partial charge in [-0.05, 0) is 35.9 Å². The van der Waals surface area contributed by atoms with E-state index in [-0.39, 0.29) is 11.6 Å². The minimum Gasteiger partial charge on any atom is -0.288 e. The number of rotatable bonds is 1. The molecule has 2 aromatic carbocycles. The normalized spacial score (nSPS) is 15.9. The second-order valence-electron chi connectivity index (χ2n) is 4.11. The smallest absolute Gasteiger partial charge is 0.200 e. The third kappa shape index (κ3) is 2.31. The standard InChI is InChI=1S/C15H8ClFOS/c16-10-6-4-9(5-7-10)8-13-14(18)11-2-1-3-12(17)15(11)19-13/h1-8H/b13-8+. The average Bonchev–Trinajstić information content (AvgIpc) is 2.72. The van der Waals surface area contributed by atoms with Crippen LogP contribution in [0.3, 0.4) is 0 Å². The zero-order valence-electron chi connectivity index (χ0n) is 9.69. The molecule has 1 aliphatic rings. The molecule has 3 rings (SSSR count). The highest BCUT2D eigenvalue weighted by atomic mass is 35.5. The van der Waals surface area contributed by atoms with Gasteiger partial charge in [-0.2, -0.15) is 0 Å². The van der Waals surface area contributed by atoms with E-state index >= 15 is 0 Å². The Morgan fingerprint density at radius 1 is 1.11 bits per heavy atom. The Labute approximate surface area is 119 Å². The molecule has 0 saturated carbocycles. The summed E-state index contributed by atoms with van der Waals surface area (Å²) in [7, 11) is 0. The first-order valence-electron chi connectivity index (χ1n) is 5.63. The first-order valence-corrected chi connectivity index (χ1v) is 6.83. The fourth-order valence-corrected chi connectivity index (χ4v) is 3.07. The first kappa shape index (κ1) is 12.5. The number of benzene rings is 2. The zero-order valence-corrected chi connectivity index (χ0v) is 11.3. The second-order valence-corrected chi connectivity index (χ2v) is 5.60. The van der Waals surface area contributed by atoms with Crippen molar-refractivity contribution in [3.8, 4) is 0 Å². The van der Waals surface area contributed by atoms with Gasteiger partial charge < -0.3 is 0 Å². The largest absolute Gasteiger partial charge is 0.288 e. The van der Waals surface area contributed by atoms with E-state index in [9.17, 15) is 9.18 Å². The number of halogens is 2. The van der Waals surface area contributed by atoms with E-state index in [1.165, 1.54) is 17.8 Å². The summed E-state index contributed by atoms with van der Waals surface area (Å²) in [6, 6.07) is 11.7. The van der Waals surface area contributed by atoms with Crippen LogP contribution in [0.4, 0.5) is 4.39 Å². The lowest BCUT2D eigenvalue weighted by atomic mass is 10.1. The van der Waals surface area contributed by atoms with E-state index in [2.05, 4.69) is 0 Å². The molecule has 1 heterocycles. The fraction of sp³-hybridized carbons (Fsp3) is 0. The van der Waals surface area contributed by atoms with E-state index in [4.69, 9.17) is 11.6 Å². The van der Waals surface area contributed by atoms with Gasteiger partial charge in [0.2, 0.25) is 5.78 Å². The van der Waals surface area contributed by atoms with Crippen LogP contribution in [0.15, 0.2) is 52.3 Å². The van der Waals surface area contributed by atoms with Crippen molar-refractivity contribution in [2.75, 3.05) is 0 Å². The molecule has 0 spiro atoms. The van der Waals surface area contributed by atoms with Crippen molar-refractivity contribution in [3.05, 3.63) is 69.3 Å². The minimum atomic E-state index is -0.352. The number of allylic oxidation sites excluding steroid dienone is 1. The van der Waals surface area contributed by atoms with E-state index in [1.807, 2.05) is 12.1 Å². The fourth-order valence-electron chi connectivity index (χ4n) is 1.89. The van der Waals surface area contributed by atoms with Gasteiger partial charge in [0.05, 0.1) is 9.80 Å². The number of carbonyl (C=O) groups is 1. The number of ketones is 1. The van der Waals surface area contributed by atoms with Gasteiger partial charge >= 0.3 is 0 Å². The van der Waals surface area contributed by atoms with Gasteiger partial charge in [0, 0.05) is 10.6 Å². The molecule has 19 heavy (non-hydrogen) atoms. The first-order chi connectivity index (χ1) is 9.15. The Morgan fingerprint density at radius 2 is 1.84 bits per heavy atom. The summed E-state index contributed by atoms with van der Waals surface area (Å²) in [5.74, 6) is -0.482. The van der Waals surface area contributed by atoms with Gasteiger partial charge in [-0.1, -0.05) is 41.6 Å². The van der Waals surface area contributed by atoms with Crippen LogP contribution >= 0.6 is 23.4 Å². The van der Waals surface area contributed by atoms with Crippen LogP contribution < -0.4 is 0 Å². The number of hydrogen-bond donors (Lipinski definition) is 0. The van der Waals surface area contributed by atoms with E-state index < -0.39 is 0 Å². The SMILES string of the molecule is O=C1/C(=C\c2ccc(Cl)cc2)Sc2c(F)cccc21. The highest BCUT2D eigenvalue weighted by Crippen LogP contribution is 2.42. The van der Waals surface area contributed by atoms with Crippen molar-refractivity contribution in [1.29, 1.82) is 0 Å². The Kier molecular flexibility index (Phi) is 3.17. The molecule has 94 valence electrons. The van der Waals surface area contributed by atoms with Crippen LogP contribution in [-0.2, 0) is 0 Å². The maximum atomic E-state index is 13.6. The summed E-state index contributed by atoms with van der Waals surface area (Å²) < 4.78 is 13.6. The highest BCUT2D eigenvalue weighted by Gasteiger charge is 2.28. The molecule has 0 amide bonds. The van der Waals surface area contributed by atoms with Gasteiger partial charge in [0.1, 0.15) is 5.82 Å². The third-order valence-electron chi connectivity index (χ3n) is 2.82. The van der Waals surface area contributed by atoms with Gasteiger partial charge in [0.15, 0.2) is 0 Å². The summed E-state index contributed by atoms with van der Waals surface area (Å²) in [6.45, 7) is 0. The molecule has 0 radical (unpaired) electrons. The van der Waals surface area contributed by atoms with Crippen molar-refractivity contribution in [3.63, 3.8) is 0 Å². The summed E-state index contributed by atoms with van der Waals surface area (Å²) in [5, 5.41) is 0.641. The molecule has 2 aromatic rings. The number of hydrogen-bond acceptors (Lipinski definition) is 2. The van der Waals surface area contributed by atoms with E-state index in [0.717, 1.165) is 5.56 Å². The number of fused-ring (bicyclic) bond motifs is 1. The molecule has 0 atom stereocenters. The van der Waals surface area contributed by atoms with Crippen molar-refractivity contribution in [2.45, 2.75) is 4.90 Å². The van der Waals surface area contributed by atoms with Crippen LogP contribution in [-0.4, -0.2) is 5.78 Å². The predicted molar refractivity (Wildman–Crippen MR) is 76.0 cm³/mol. The van der Waals surface area contributed by atoms with Gasteiger partial charge in [0.25, 0.3) is 0 Å². The molecule has 0 bridgehead atoms. The molecule has 0 fully saturated rings. The number of thioether (sulfide) groups is 1. The molecule has 0 N–H and O–H groups in total. The summed E-state index contributed by atoms with van der Waals surface area (Å²) in [6.07, 6.45) is 1.75.